The van der Waals surface area contributed by atoms with E-state index >= 15 is 0 Å². The molecular formula is C14H10ClN3O. The first-order chi connectivity index (χ1) is 9.24. The summed E-state index contributed by atoms with van der Waals surface area (Å²) in [6.07, 6.45) is 3.49. The molecule has 1 aromatic carbocycles. The first-order valence-electron chi connectivity index (χ1n) is 5.70. The molecule has 94 valence electrons. The van der Waals surface area contributed by atoms with Crippen LogP contribution in [0.3, 0.4) is 0 Å². The van der Waals surface area contributed by atoms with Crippen LogP contribution in [0.5, 0.6) is 5.75 Å². The maximum absolute atomic E-state index is 9.84. The summed E-state index contributed by atoms with van der Waals surface area (Å²) < 4.78 is 1.65. The molecule has 0 unspecified atom stereocenters. The average Bonchev–Trinajstić information content (AvgIpc) is 2.92. The fraction of sp³-hybridized carbons (Fsp3) is 0. The van der Waals surface area contributed by atoms with Gasteiger partial charge in [0.25, 0.3) is 0 Å². The standard InChI is InChI=1S/C14H10ClN3O/c15-10-4-5-13(19)11(9-10)12-6-8-18(17-12)14-3-1-2-7-16-14/h1-9,19H. The Morgan fingerprint density at radius 2 is 2.00 bits per heavy atom. The maximum Gasteiger partial charge on any atom is 0.153 e. The first-order valence-corrected chi connectivity index (χ1v) is 6.08. The normalized spacial score (nSPS) is 10.6. The molecule has 4 nitrogen and oxygen atoms in total. The highest BCUT2D eigenvalue weighted by molar-refractivity contribution is 6.30. The molecule has 0 radical (unpaired) electrons. The largest absolute Gasteiger partial charge is 0.507 e. The number of rotatable bonds is 2. The van der Waals surface area contributed by atoms with Crippen molar-refractivity contribution < 1.29 is 5.11 Å². The maximum atomic E-state index is 9.84. The number of phenols is 1. The topological polar surface area (TPSA) is 50.9 Å². The van der Waals surface area contributed by atoms with E-state index in [1.165, 1.54) is 0 Å². The van der Waals surface area contributed by atoms with E-state index in [4.69, 9.17) is 11.6 Å². The summed E-state index contributed by atoms with van der Waals surface area (Å²) in [5, 5.41) is 14.8. The van der Waals surface area contributed by atoms with E-state index in [0.29, 0.717) is 16.3 Å². The molecule has 0 bridgehead atoms. The Balaban J connectivity index is 2.04. The van der Waals surface area contributed by atoms with E-state index in [2.05, 4.69) is 10.1 Å². The van der Waals surface area contributed by atoms with E-state index in [1.54, 1.807) is 41.3 Å². The second kappa shape index (κ2) is 4.74. The van der Waals surface area contributed by atoms with Crippen LogP contribution in [0.1, 0.15) is 0 Å². The van der Waals surface area contributed by atoms with Gasteiger partial charge < -0.3 is 5.11 Å². The number of hydrogen-bond acceptors (Lipinski definition) is 3. The van der Waals surface area contributed by atoms with Gasteiger partial charge in [0.15, 0.2) is 5.82 Å². The molecule has 2 heterocycles. The van der Waals surface area contributed by atoms with Crippen molar-refractivity contribution in [3.05, 3.63) is 59.9 Å². The van der Waals surface area contributed by atoms with Gasteiger partial charge in [0.2, 0.25) is 0 Å². The lowest BCUT2D eigenvalue weighted by Crippen LogP contribution is -1.97. The molecule has 0 spiro atoms. The molecule has 0 aliphatic heterocycles. The Bertz CT molecular complexity index is 710. The van der Waals surface area contributed by atoms with E-state index < -0.39 is 0 Å². The molecule has 19 heavy (non-hydrogen) atoms. The lowest BCUT2D eigenvalue weighted by atomic mass is 10.1. The second-order valence-corrected chi connectivity index (χ2v) is 4.43. The summed E-state index contributed by atoms with van der Waals surface area (Å²) in [6.45, 7) is 0. The van der Waals surface area contributed by atoms with E-state index in [9.17, 15) is 5.11 Å². The minimum atomic E-state index is 0.149. The highest BCUT2D eigenvalue weighted by Crippen LogP contribution is 2.30. The lowest BCUT2D eigenvalue weighted by Gasteiger charge is -2.02. The van der Waals surface area contributed by atoms with Crippen LogP contribution >= 0.6 is 11.6 Å². The van der Waals surface area contributed by atoms with Crippen molar-refractivity contribution in [2.75, 3.05) is 0 Å². The van der Waals surface area contributed by atoms with Crippen LogP contribution in [0.15, 0.2) is 54.9 Å². The van der Waals surface area contributed by atoms with Crippen molar-refractivity contribution in [3.63, 3.8) is 0 Å². The molecule has 2 aromatic heterocycles. The Morgan fingerprint density at radius 3 is 2.79 bits per heavy atom. The van der Waals surface area contributed by atoms with Gasteiger partial charge in [-0.1, -0.05) is 17.7 Å². The molecule has 3 rings (SSSR count). The van der Waals surface area contributed by atoms with Gasteiger partial charge in [0.05, 0.1) is 5.69 Å². The van der Waals surface area contributed by atoms with Gasteiger partial charge in [-0.3, -0.25) is 0 Å². The van der Waals surface area contributed by atoms with Gasteiger partial charge in [0.1, 0.15) is 5.75 Å². The van der Waals surface area contributed by atoms with Gasteiger partial charge in [-0.15, -0.1) is 0 Å². The average molecular weight is 272 g/mol. The number of nitrogens with zero attached hydrogens (tertiary/aromatic N) is 3. The molecule has 0 saturated heterocycles. The number of aromatic hydroxyl groups is 1. The smallest absolute Gasteiger partial charge is 0.153 e. The molecule has 1 N–H and O–H groups in total. The highest BCUT2D eigenvalue weighted by Gasteiger charge is 2.09. The number of phenolic OH excluding ortho intramolecular Hbond substituents is 1. The Morgan fingerprint density at radius 1 is 1.11 bits per heavy atom. The SMILES string of the molecule is Oc1ccc(Cl)cc1-c1ccn(-c2ccccn2)n1. The van der Waals surface area contributed by atoms with Crippen LogP contribution in [-0.2, 0) is 0 Å². The van der Waals surface area contributed by atoms with Crippen LogP contribution in [0.25, 0.3) is 17.1 Å². The number of benzene rings is 1. The molecular weight excluding hydrogens is 262 g/mol. The van der Waals surface area contributed by atoms with Gasteiger partial charge >= 0.3 is 0 Å². The Labute approximate surface area is 114 Å². The predicted molar refractivity (Wildman–Crippen MR) is 73.5 cm³/mol. The summed E-state index contributed by atoms with van der Waals surface area (Å²) in [6, 6.07) is 12.3. The molecule has 0 aliphatic rings. The Kier molecular flexibility index (Phi) is 2.93. The highest BCUT2D eigenvalue weighted by atomic mass is 35.5. The Hall–Kier alpha value is -2.33. The van der Waals surface area contributed by atoms with Crippen LogP contribution in [0.4, 0.5) is 0 Å². The summed E-state index contributed by atoms with van der Waals surface area (Å²) in [5.41, 5.74) is 1.24. The van der Waals surface area contributed by atoms with Crippen molar-refractivity contribution in [1.29, 1.82) is 0 Å². The zero-order valence-electron chi connectivity index (χ0n) is 9.86. The first kappa shape index (κ1) is 11.7. The predicted octanol–water partition coefficient (Wildman–Crippen LogP) is 3.29. The molecule has 0 fully saturated rings. The van der Waals surface area contributed by atoms with Crippen LogP contribution < -0.4 is 0 Å². The second-order valence-electron chi connectivity index (χ2n) is 3.99. The summed E-state index contributed by atoms with van der Waals surface area (Å²) >= 11 is 5.93. The van der Waals surface area contributed by atoms with Crippen molar-refractivity contribution in [1.82, 2.24) is 14.8 Å². The third-order valence-electron chi connectivity index (χ3n) is 2.71. The van der Waals surface area contributed by atoms with Crippen LogP contribution in [0, 0.1) is 0 Å². The van der Waals surface area contributed by atoms with Gasteiger partial charge in [0, 0.05) is 23.0 Å². The third kappa shape index (κ3) is 2.30. The molecule has 0 amide bonds. The summed E-state index contributed by atoms with van der Waals surface area (Å²) in [4.78, 5) is 4.21. The minimum absolute atomic E-state index is 0.149. The molecule has 5 heteroatoms. The number of halogens is 1. The fourth-order valence-electron chi connectivity index (χ4n) is 1.80. The van der Waals surface area contributed by atoms with E-state index in [0.717, 1.165) is 5.82 Å². The fourth-order valence-corrected chi connectivity index (χ4v) is 1.97. The molecule has 0 atom stereocenters. The number of aromatic nitrogens is 3. The minimum Gasteiger partial charge on any atom is -0.507 e. The zero-order chi connectivity index (χ0) is 13.2. The van der Waals surface area contributed by atoms with Crippen molar-refractivity contribution in [2.24, 2.45) is 0 Å². The summed E-state index contributed by atoms with van der Waals surface area (Å²) in [7, 11) is 0. The van der Waals surface area contributed by atoms with Crippen LogP contribution in [-0.4, -0.2) is 19.9 Å². The monoisotopic (exact) mass is 271 g/mol. The molecule has 3 aromatic rings. The van der Waals surface area contributed by atoms with Gasteiger partial charge in [-0.25, -0.2) is 9.67 Å². The van der Waals surface area contributed by atoms with Gasteiger partial charge in [-0.05, 0) is 36.4 Å². The molecule has 0 aliphatic carbocycles. The van der Waals surface area contributed by atoms with Crippen LogP contribution in [0.2, 0.25) is 5.02 Å². The number of hydrogen-bond donors (Lipinski definition) is 1. The van der Waals surface area contributed by atoms with Crippen molar-refractivity contribution in [3.8, 4) is 22.8 Å². The van der Waals surface area contributed by atoms with Crippen molar-refractivity contribution >= 4 is 11.6 Å². The third-order valence-corrected chi connectivity index (χ3v) is 2.94. The quantitative estimate of drug-likeness (QED) is 0.778. The van der Waals surface area contributed by atoms with Gasteiger partial charge in [-0.2, -0.15) is 5.10 Å². The van der Waals surface area contributed by atoms with Crippen molar-refractivity contribution in [2.45, 2.75) is 0 Å². The number of pyridine rings is 1. The van der Waals surface area contributed by atoms with E-state index in [1.807, 2.05) is 18.2 Å². The summed E-state index contributed by atoms with van der Waals surface area (Å²) in [5.74, 6) is 0.867. The lowest BCUT2D eigenvalue weighted by molar-refractivity contribution is 0.477. The zero-order valence-corrected chi connectivity index (χ0v) is 10.6. The molecule has 0 saturated carbocycles. The van der Waals surface area contributed by atoms with E-state index in [-0.39, 0.29) is 5.75 Å².